The van der Waals surface area contributed by atoms with E-state index < -0.39 is 0 Å². The van der Waals surface area contributed by atoms with Gasteiger partial charge in [0.15, 0.2) is 0 Å². The molecule has 0 aliphatic carbocycles. The van der Waals surface area contributed by atoms with Gasteiger partial charge in [0.05, 0.1) is 6.61 Å². The van der Waals surface area contributed by atoms with Crippen LogP contribution in [0.1, 0.15) is 24.0 Å². The Bertz CT molecular complexity index is 461. The number of aliphatic hydroxyl groups is 1. The van der Waals surface area contributed by atoms with E-state index in [2.05, 4.69) is 0 Å². The number of aryl methyl sites for hydroxylation is 1. The normalized spacial score (nSPS) is 23.8. The molecule has 1 aliphatic heterocycles. The van der Waals surface area contributed by atoms with E-state index >= 15 is 0 Å². The number of carbonyl (C=O) groups is 1. The van der Waals surface area contributed by atoms with Crippen LogP contribution in [0.4, 0.5) is 4.39 Å². The van der Waals surface area contributed by atoms with Crippen LogP contribution in [0, 0.1) is 18.7 Å². The maximum absolute atomic E-state index is 13.9. The van der Waals surface area contributed by atoms with Crippen molar-refractivity contribution in [1.29, 1.82) is 0 Å². The topological polar surface area (TPSA) is 40.5 Å². The van der Waals surface area contributed by atoms with E-state index in [1.54, 1.807) is 11.0 Å². The summed E-state index contributed by atoms with van der Waals surface area (Å²) in [5, 5.41) is 8.91. The lowest BCUT2D eigenvalue weighted by molar-refractivity contribution is -0.131. The molecule has 1 N–H and O–H groups in total. The van der Waals surface area contributed by atoms with Crippen molar-refractivity contribution >= 4 is 5.91 Å². The van der Waals surface area contributed by atoms with Gasteiger partial charge < -0.3 is 10.0 Å². The summed E-state index contributed by atoms with van der Waals surface area (Å²) in [4.78, 5) is 13.6. The number of aliphatic hydroxyl groups excluding tert-OH is 1. The number of likely N-dealkylation sites (tertiary alicyclic amines) is 1. The summed E-state index contributed by atoms with van der Waals surface area (Å²) in [6, 6.07) is 5.13. The Balaban J connectivity index is 2.26. The second-order valence-corrected chi connectivity index (χ2v) is 4.93. The van der Waals surface area contributed by atoms with Crippen LogP contribution in [-0.2, 0) is 4.79 Å². The van der Waals surface area contributed by atoms with Gasteiger partial charge in [0, 0.05) is 24.9 Å². The van der Waals surface area contributed by atoms with E-state index in [0.29, 0.717) is 18.7 Å². The fraction of sp³-hybridized carbons (Fsp3) is 0.500. The highest BCUT2D eigenvalue weighted by Crippen LogP contribution is 2.34. The zero-order valence-electron chi connectivity index (χ0n) is 10.7. The number of hydrogen-bond donors (Lipinski definition) is 1. The highest BCUT2D eigenvalue weighted by atomic mass is 19.1. The Morgan fingerprint density at radius 3 is 2.83 bits per heavy atom. The van der Waals surface area contributed by atoms with Gasteiger partial charge in [-0.15, -0.1) is 0 Å². The number of amides is 1. The fourth-order valence-corrected chi connectivity index (χ4v) is 2.57. The quantitative estimate of drug-likeness (QED) is 0.888. The molecule has 0 unspecified atom stereocenters. The molecule has 2 atom stereocenters. The smallest absolute Gasteiger partial charge is 0.226 e. The molecule has 0 spiro atoms. The first-order valence-corrected chi connectivity index (χ1v) is 6.20. The molecule has 0 bridgehead atoms. The van der Waals surface area contributed by atoms with Crippen LogP contribution in [-0.4, -0.2) is 35.6 Å². The Kier molecular flexibility index (Phi) is 3.66. The van der Waals surface area contributed by atoms with Crippen molar-refractivity contribution in [1.82, 2.24) is 4.90 Å². The van der Waals surface area contributed by atoms with Crippen LogP contribution in [0.3, 0.4) is 0 Å². The number of benzene rings is 1. The molecule has 0 radical (unpaired) electrons. The van der Waals surface area contributed by atoms with Gasteiger partial charge in [-0.3, -0.25) is 4.79 Å². The first-order chi connectivity index (χ1) is 8.54. The molecule has 1 heterocycles. The van der Waals surface area contributed by atoms with Crippen LogP contribution >= 0.6 is 0 Å². The summed E-state index contributed by atoms with van der Waals surface area (Å²) in [5.74, 6) is -0.599. The van der Waals surface area contributed by atoms with Crippen molar-refractivity contribution < 1.29 is 14.3 Å². The molecule has 0 aromatic heterocycles. The molecule has 98 valence electrons. The summed E-state index contributed by atoms with van der Waals surface area (Å²) in [6.45, 7) is 4.42. The van der Waals surface area contributed by atoms with Gasteiger partial charge in [-0.25, -0.2) is 4.39 Å². The lowest BCUT2D eigenvalue weighted by Gasteiger charge is -2.15. The molecule has 1 fully saturated rings. The molecule has 2 rings (SSSR count). The number of hydrogen-bond acceptors (Lipinski definition) is 2. The average Bonchev–Trinajstić information content (AvgIpc) is 2.58. The standard InChI is InChI=1S/C14H18FNO2/c1-9-3-4-11(13(15)7-9)12-8-16(5-6-17)14(18)10(12)2/h3-4,7,10,12,17H,5-6,8H2,1-2H3/t10-,12+/m0/s1. The van der Waals surface area contributed by atoms with E-state index in [4.69, 9.17) is 5.11 Å². The molecule has 1 amide bonds. The van der Waals surface area contributed by atoms with Gasteiger partial charge in [-0.1, -0.05) is 19.1 Å². The van der Waals surface area contributed by atoms with Gasteiger partial charge in [-0.2, -0.15) is 0 Å². The second kappa shape index (κ2) is 5.06. The maximum Gasteiger partial charge on any atom is 0.226 e. The van der Waals surface area contributed by atoms with Crippen molar-refractivity contribution in [3.05, 3.63) is 35.1 Å². The van der Waals surface area contributed by atoms with Gasteiger partial charge >= 0.3 is 0 Å². The predicted octanol–water partition coefficient (Wildman–Crippen LogP) is 1.69. The molecule has 1 aliphatic rings. The highest BCUT2D eigenvalue weighted by molar-refractivity contribution is 5.82. The number of rotatable bonds is 3. The fourth-order valence-electron chi connectivity index (χ4n) is 2.57. The van der Waals surface area contributed by atoms with Crippen LogP contribution in [0.2, 0.25) is 0 Å². The van der Waals surface area contributed by atoms with Crippen molar-refractivity contribution in [2.24, 2.45) is 5.92 Å². The zero-order valence-corrected chi connectivity index (χ0v) is 10.7. The van der Waals surface area contributed by atoms with Gasteiger partial charge in [0.1, 0.15) is 5.82 Å². The second-order valence-electron chi connectivity index (χ2n) is 4.93. The summed E-state index contributed by atoms with van der Waals surface area (Å²) in [6.07, 6.45) is 0. The lowest BCUT2D eigenvalue weighted by Crippen LogP contribution is -2.29. The van der Waals surface area contributed by atoms with Crippen molar-refractivity contribution in [2.75, 3.05) is 19.7 Å². The van der Waals surface area contributed by atoms with E-state index in [-0.39, 0.29) is 30.2 Å². The highest BCUT2D eigenvalue weighted by Gasteiger charge is 2.38. The van der Waals surface area contributed by atoms with Crippen molar-refractivity contribution in [2.45, 2.75) is 19.8 Å². The van der Waals surface area contributed by atoms with Crippen molar-refractivity contribution in [3.63, 3.8) is 0 Å². The summed E-state index contributed by atoms with van der Waals surface area (Å²) >= 11 is 0. The first kappa shape index (κ1) is 13.0. The first-order valence-electron chi connectivity index (χ1n) is 6.20. The number of halogens is 1. The van der Waals surface area contributed by atoms with Gasteiger partial charge in [0.2, 0.25) is 5.91 Å². The summed E-state index contributed by atoms with van der Waals surface area (Å²) < 4.78 is 13.9. The molecule has 1 aromatic rings. The third kappa shape index (κ3) is 2.25. The van der Waals surface area contributed by atoms with Gasteiger partial charge in [-0.05, 0) is 24.1 Å². The number of carbonyl (C=O) groups excluding carboxylic acids is 1. The molecule has 1 aromatic carbocycles. The largest absolute Gasteiger partial charge is 0.395 e. The molecule has 0 saturated carbocycles. The minimum Gasteiger partial charge on any atom is -0.395 e. The molecule has 3 nitrogen and oxygen atoms in total. The Morgan fingerprint density at radius 1 is 1.50 bits per heavy atom. The minimum atomic E-state index is -0.245. The van der Waals surface area contributed by atoms with Crippen LogP contribution in [0.5, 0.6) is 0 Å². The Labute approximate surface area is 106 Å². The molecular weight excluding hydrogens is 233 g/mol. The molecule has 18 heavy (non-hydrogen) atoms. The molecule has 1 saturated heterocycles. The van der Waals surface area contributed by atoms with Crippen LogP contribution in [0.25, 0.3) is 0 Å². The van der Waals surface area contributed by atoms with Gasteiger partial charge in [0.25, 0.3) is 0 Å². The number of nitrogens with zero attached hydrogens (tertiary/aromatic N) is 1. The Morgan fingerprint density at radius 2 is 2.22 bits per heavy atom. The molecule has 4 heteroatoms. The van der Waals surface area contributed by atoms with Crippen molar-refractivity contribution in [3.8, 4) is 0 Å². The summed E-state index contributed by atoms with van der Waals surface area (Å²) in [7, 11) is 0. The third-order valence-electron chi connectivity index (χ3n) is 3.65. The monoisotopic (exact) mass is 251 g/mol. The molecular formula is C14H18FNO2. The average molecular weight is 251 g/mol. The van der Waals surface area contributed by atoms with Crippen LogP contribution in [0.15, 0.2) is 18.2 Å². The van der Waals surface area contributed by atoms with E-state index in [9.17, 15) is 9.18 Å². The maximum atomic E-state index is 13.9. The number of β-amino-alcohol motifs (C(OH)–C–C–N with tert-alkyl or cyclic N) is 1. The van der Waals surface area contributed by atoms with E-state index in [1.165, 1.54) is 6.07 Å². The third-order valence-corrected chi connectivity index (χ3v) is 3.65. The van der Waals surface area contributed by atoms with Crippen LogP contribution < -0.4 is 0 Å². The predicted molar refractivity (Wildman–Crippen MR) is 66.7 cm³/mol. The lowest BCUT2D eigenvalue weighted by atomic mass is 9.89. The van der Waals surface area contributed by atoms with E-state index in [1.807, 2.05) is 19.9 Å². The minimum absolute atomic E-state index is 0.00553. The summed E-state index contributed by atoms with van der Waals surface area (Å²) in [5.41, 5.74) is 1.47. The van der Waals surface area contributed by atoms with E-state index in [0.717, 1.165) is 5.56 Å². The SMILES string of the molecule is Cc1ccc([C@@H]2CN(CCO)C(=O)[C@H]2C)c(F)c1. The zero-order chi connectivity index (χ0) is 13.3. The Hall–Kier alpha value is -1.42.